The molecule has 0 bridgehead atoms. The van der Waals surface area contributed by atoms with Gasteiger partial charge in [0.2, 0.25) is 0 Å². The lowest BCUT2D eigenvalue weighted by Gasteiger charge is -2.15. The third-order valence-electron chi connectivity index (χ3n) is 4.60. The molecule has 0 spiro atoms. The van der Waals surface area contributed by atoms with Crippen molar-refractivity contribution in [3.05, 3.63) is 58.7 Å². The van der Waals surface area contributed by atoms with E-state index in [0.29, 0.717) is 36.9 Å². The topological polar surface area (TPSA) is 77.5 Å². The Labute approximate surface area is 172 Å². The van der Waals surface area contributed by atoms with Crippen molar-refractivity contribution in [3.8, 4) is 11.5 Å². The number of carbonyl (C=O) groups is 1. The number of methoxy groups -OCH3 is 1. The van der Waals surface area contributed by atoms with E-state index in [1.165, 1.54) is 0 Å². The van der Waals surface area contributed by atoms with Gasteiger partial charge in [-0.3, -0.25) is 9.20 Å². The Hall–Kier alpha value is -3.04. The third kappa shape index (κ3) is 3.92. The molecular weight excluding hydrogens is 388 g/mol. The molecule has 1 amide bonds. The summed E-state index contributed by atoms with van der Waals surface area (Å²) in [4.78, 5) is 28.2. The van der Waals surface area contributed by atoms with Gasteiger partial charge in [-0.2, -0.15) is 0 Å². The van der Waals surface area contributed by atoms with Gasteiger partial charge in [0.15, 0.2) is 11.5 Å². The van der Waals surface area contributed by atoms with E-state index in [1.807, 2.05) is 51.9 Å². The van der Waals surface area contributed by atoms with Crippen LogP contribution in [0.5, 0.6) is 0 Å². The number of ether oxygens (including phenoxy) is 1. The normalized spacial score (nSPS) is 11.3. The number of amides is 1. The van der Waals surface area contributed by atoms with Crippen LogP contribution in [-0.2, 0) is 11.3 Å². The first-order valence-corrected chi connectivity index (χ1v) is 10.1. The van der Waals surface area contributed by atoms with E-state index >= 15 is 0 Å². The van der Waals surface area contributed by atoms with Crippen molar-refractivity contribution in [2.24, 2.45) is 0 Å². The van der Waals surface area contributed by atoms with E-state index in [9.17, 15) is 4.79 Å². The van der Waals surface area contributed by atoms with Gasteiger partial charge >= 0.3 is 0 Å². The number of hydrogen-bond acceptors (Lipinski definition) is 6. The molecule has 0 aliphatic rings. The van der Waals surface area contributed by atoms with E-state index in [4.69, 9.17) is 4.74 Å². The number of nitrogens with zero attached hydrogens (tertiary/aromatic N) is 6. The Morgan fingerprint density at radius 1 is 1.31 bits per heavy atom. The Bertz CT molecular complexity index is 1140. The van der Waals surface area contributed by atoms with E-state index in [-0.39, 0.29) is 5.91 Å². The molecule has 0 aliphatic carbocycles. The van der Waals surface area contributed by atoms with Gasteiger partial charge < -0.3 is 14.2 Å². The summed E-state index contributed by atoms with van der Waals surface area (Å²) in [5, 5.41) is 3.09. The van der Waals surface area contributed by atoms with Crippen molar-refractivity contribution in [2.45, 2.75) is 13.5 Å². The van der Waals surface area contributed by atoms with E-state index in [1.54, 1.807) is 36.7 Å². The molecule has 29 heavy (non-hydrogen) atoms. The molecule has 9 heteroatoms. The highest BCUT2D eigenvalue weighted by Gasteiger charge is 2.22. The van der Waals surface area contributed by atoms with E-state index in [2.05, 4.69) is 15.0 Å². The first-order chi connectivity index (χ1) is 14.1. The Morgan fingerprint density at radius 2 is 2.17 bits per heavy atom. The molecule has 4 aromatic rings. The highest BCUT2D eigenvalue weighted by atomic mass is 32.1. The van der Waals surface area contributed by atoms with Crippen LogP contribution in [0.15, 0.2) is 42.3 Å². The van der Waals surface area contributed by atoms with Gasteiger partial charge in [-0.05, 0) is 19.1 Å². The molecule has 0 radical (unpaired) electrons. The van der Waals surface area contributed by atoms with Crippen molar-refractivity contribution in [1.82, 2.24) is 28.8 Å². The van der Waals surface area contributed by atoms with Crippen LogP contribution < -0.4 is 0 Å². The zero-order valence-corrected chi connectivity index (χ0v) is 17.4. The largest absolute Gasteiger partial charge is 0.383 e. The van der Waals surface area contributed by atoms with Gasteiger partial charge in [-0.1, -0.05) is 6.07 Å². The highest BCUT2D eigenvalue weighted by molar-refractivity contribution is 7.09. The summed E-state index contributed by atoms with van der Waals surface area (Å²) < 4.78 is 8.95. The van der Waals surface area contributed by atoms with Gasteiger partial charge in [-0.15, -0.1) is 11.3 Å². The van der Waals surface area contributed by atoms with Gasteiger partial charge in [0.05, 0.1) is 35.7 Å². The SMILES string of the molecule is COCCN(C)C(=O)c1nc(-c2cn(Cc3csc(C)n3)cn2)n2ccccc12. The summed E-state index contributed by atoms with van der Waals surface area (Å²) in [7, 11) is 3.37. The summed E-state index contributed by atoms with van der Waals surface area (Å²) in [5.74, 6) is 0.492. The minimum Gasteiger partial charge on any atom is -0.383 e. The molecule has 0 saturated heterocycles. The Balaban J connectivity index is 1.67. The fourth-order valence-corrected chi connectivity index (χ4v) is 3.72. The van der Waals surface area contributed by atoms with Crippen LogP contribution in [0.2, 0.25) is 0 Å². The zero-order valence-electron chi connectivity index (χ0n) is 16.6. The molecule has 0 aromatic carbocycles. The average molecular weight is 411 g/mol. The van der Waals surface area contributed by atoms with Crippen LogP contribution >= 0.6 is 11.3 Å². The zero-order chi connectivity index (χ0) is 20.4. The number of fused-ring (bicyclic) bond motifs is 1. The fraction of sp³-hybridized carbons (Fsp3) is 0.300. The van der Waals surface area contributed by atoms with Crippen LogP contribution in [0.25, 0.3) is 17.0 Å². The maximum Gasteiger partial charge on any atom is 0.274 e. The van der Waals surface area contributed by atoms with Crippen LogP contribution in [0, 0.1) is 6.92 Å². The molecule has 0 fully saturated rings. The van der Waals surface area contributed by atoms with Gasteiger partial charge in [0, 0.05) is 38.5 Å². The van der Waals surface area contributed by atoms with Gasteiger partial charge in [0.1, 0.15) is 5.69 Å². The summed E-state index contributed by atoms with van der Waals surface area (Å²) in [6, 6.07) is 5.70. The van der Waals surface area contributed by atoms with E-state index in [0.717, 1.165) is 16.2 Å². The molecule has 0 N–H and O–H groups in total. The summed E-state index contributed by atoms with van der Waals surface area (Å²) in [5.41, 5.74) is 2.86. The number of hydrogen-bond donors (Lipinski definition) is 0. The standard InChI is InChI=1S/C20H22N6O2S/c1-14-22-15(12-29-14)10-25-11-16(21-13-25)19-23-18(17-6-4-5-7-26(17)19)20(27)24(2)8-9-28-3/h4-7,11-13H,8-10H2,1-3H3. The molecule has 8 nitrogen and oxygen atoms in total. The van der Waals surface area contributed by atoms with Crippen molar-refractivity contribution in [2.75, 3.05) is 27.3 Å². The number of aryl methyl sites for hydroxylation is 1. The fourth-order valence-electron chi connectivity index (χ4n) is 3.12. The lowest BCUT2D eigenvalue weighted by molar-refractivity contribution is 0.0741. The molecule has 4 heterocycles. The van der Waals surface area contributed by atoms with Gasteiger partial charge in [-0.25, -0.2) is 15.0 Å². The van der Waals surface area contributed by atoms with Crippen LogP contribution in [-0.4, -0.2) is 62.0 Å². The Kier molecular flexibility index (Phi) is 5.41. The van der Waals surface area contributed by atoms with E-state index < -0.39 is 0 Å². The number of imidazole rings is 2. The molecule has 0 saturated carbocycles. The van der Waals surface area contributed by atoms with Crippen LogP contribution in [0.1, 0.15) is 21.2 Å². The number of likely N-dealkylation sites (N-methyl/N-ethyl adjacent to an activating group) is 1. The second-order valence-electron chi connectivity index (χ2n) is 6.75. The molecule has 150 valence electrons. The maximum absolute atomic E-state index is 12.9. The number of aromatic nitrogens is 5. The Morgan fingerprint density at radius 3 is 2.93 bits per heavy atom. The lowest BCUT2D eigenvalue weighted by atomic mass is 10.3. The third-order valence-corrected chi connectivity index (χ3v) is 5.42. The quantitative estimate of drug-likeness (QED) is 0.468. The number of thiazole rings is 1. The molecular formula is C20H22N6O2S. The van der Waals surface area contributed by atoms with Crippen LogP contribution in [0.4, 0.5) is 0 Å². The van der Waals surface area contributed by atoms with Crippen LogP contribution in [0.3, 0.4) is 0 Å². The van der Waals surface area contributed by atoms with Crippen molar-refractivity contribution >= 4 is 22.8 Å². The predicted octanol–water partition coefficient (Wildman–Crippen LogP) is 2.73. The molecule has 0 atom stereocenters. The molecule has 4 aromatic heterocycles. The van der Waals surface area contributed by atoms with Gasteiger partial charge in [0.25, 0.3) is 5.91 Å². The average Bonchev–Trinajstić information content (AvgIpc) is 3.44. The first kappa shape index (κ1) is 19.3. The smallest absolute Gasteiger partial charge is 0.274 e. The lowest BCUT2D eigenvalue weighted by Crippen LogP contribution is -2.30. The molecule has 0 aliphatic heterocycles. The maximum atomic E-state index is 12.9. The number of carbonyl (C=O) groups excluding carboxylic acids is 1. The minimum absolute atomic E-state index is 0.144. The molecule has 4 rings (SSSR count). The minimum atomic E-state index is -0.144. The van der Waals surface area contributed by atoms with Crippen molar-refractivity contribution in [3.63, 3.8) is 0 Å². The summed E-state index contributed by atoms with van der Waals surface area (Å²) in [6.45, 7) is 3.61. The highest BCUT2D eigenvalue weighted by Crippen LogP contribution is 2.23. The predicted molar refractivity (Wildman–Crippen MR) is 111 cm³/mol. The monoisotopic (exact) mass is 410 g/mol. The second kappa shape index (κ2) is 8.14. The van der Waals surface area contributed by atoms with Crippen molar-refractivity contribution in [1.29, 1.82) is 0 Å². The first-order valence-electron chi connectivity index (χ1n) is 9.21. The number of rotatable bonds is 7. The number of pyridine rings is 1. The summed E-state index contributed by atoms with van der Waals surface area (Å²) in [6.07, 6.45) is 5.59. The van der Waals surface area contributed by atoms with Crippen molar-refractivity contribution < 1.29 is 9.53 Å². The summed E-state index contributed by atoms with van der Waals surface area (Å²) >= 11 is 1.63. The molecule has 0 unspecified atom stereocenters. The second-order valence-corrected chi connectivity index (χ2v) is 7.81.